The van der Waals surface area contributed by atoms with Gasteiger partial charge in [0.2, 0.25) is 0 Å². The second-order valence-corrected chi connectivity index (χ2v) is 5.95. The number of hydrogen-bond acceptors (Lipinski definition) is 4. The van der Waals surface area contributed by atoms with Crippen LogP contribution in [0.2, 0.25) is 0 Å². The van der Waals surface area contributed by atoms with E-state index in [0.29, 0.717) is 24.0 Å². The Kier molecular flexibility index (Phi) is 3.86. The van der Waals surface area contributed by atoms with Crippen LogP contribution in [0.5, 0.6) is 0 Å². The molecule has 17 heavy (non-hydrogen) atoms. The number of likely N-dealkylation sites (N-methyl/N-ethyl adjacent to an activating group) is 1. The summed E-state index contributed by atoms with van der Waals surface area (Å²) >= 11 is 5.33. The molecule has 0 aromatic carbocycles. The van der Waals surface area contributed by atoms with Crippen molar-refractivity contribution in [2.24, 2.45) is 0 Å². The van der Waals surface area contributed by atoms with Gasteiger partial charge in [0.05, 0.1) is 13.2 Å². The minimum atomic E-state index is -1.09. The van der Waals surface area contributed by atoms with Crippen molar-refractivity contribution in [1.29, 1.82) is 0 Å². The van der Waals surface area contributed by atoms with Crippen molar-refractivity contribution in [2.75, 3.05) is 26.0 Å². The molecule has 0 unspecified atom stereocenters. The Balaban J connectivity index is 2.50. The molecule has 1 fully saturated rings. The molecular formula is C11H14N2O2S2. The molecule has 1 aromatic heterocycles. The number of nitrogens with one attached hydrogen (secondary N) is 1. The van der Waals surface area contributed by atoms with Crippen LogP contribution < -0.4 is 5.32 Å². The average molecular weight is 270 g/mol. The van der Waals surface area contributed by atoms with Crippen LogP contribution in [-0.2, 0) is 20.3 Å². The standard InChI is InChI=1S/C11H14N2O2S2/c1-12-10(16)11(8-15-5-6-17(11)14)9-3-2-4-13-7-9/h2-4,7H,5-6,8H2,1H3,(H,12,16)/t11-,17+/m0/s1. The molecule has 0 amide bonds. The summed E-state index contributed by atoms with van der Waals surface area (Å²) in [5.74, 6) is 0.497. The van der Waals surface area contributed by atoms with Gasteiger partial charge < -0.3 is 10.1 Å². The zero-order chi connectivity index (χ0) is 12.3. The lowest BCUT2D eigenvalue weighted by Crippen LogP contribution is -2.52. The molecule has 0 aliphatic carbocycles. The number of nitrogens with zero attached hydrogens (tertiary/aromatic N) is 1. The molecule has 1 saturated heterocycles. The first-order chi connectivity index (χ1) is 8.21. The molecule has 1 aromatic rings. The molecule has 0 saturated carbocycles. The molecule has 2 heterocycles. The van der Waals surface area contributed by atoms with E-state index in [-0.39, 0.29) is 0 Å². The third kappa shape index (κ3) is 2.12. The lowest BCUT2D eigenvalue weighted by Gasteiger charge is -2.36. The zero-order valence-electron chi connectivity index (χ0n) is 9.51. The number of aromatic nitrogens is 1. The van der Waals surface area contributed by atoms with E-state index in [2.05, 4.69) is 10.3 Å². The SMILES string of the molecule is CNC(=S)[C@@]1(c2cccnc2)COCC[S@]1=O. The quantitative estimate of drug-likeness (QED) is 0.798. The smallest absolute Gasteiger partial charge is 0.145 e. The van der Waals surface area contributed by atoms with Crippen molar-refractivity contribution >= 4 is 28.0 Å². The second-order valence-electron chi connectivity index (χ2n) is 3.75. The molecule has 1 N–H and O–H groups in total. The minimum Gasteiger partial charge on any atom is -0.381 e. The average Bonchev–Trinajstić information content (AvgIpc) is 2.39. The number of rotatable bonds is 2. The summed E-state index contributed by atoms with van der Waals surface area (Å²) in [6.07, 6.45) is 3.39. The first-order valence-corrected chi connectivity index (χ1v) is 7.03. The van der Waals surface area contributed by atoms with Gasteiger partial charge in [-0.05, 0) is 11.6 Å². The first kappa shape index (κ1) is 12.6. The molecule has 1 aliphatic rings. The summed E-state index contributed by atoms with van der Waals surface area (Å²) in [7, 11) is 0.656. The van der Waals surface area contributed by atoms with Crippen LogP contribution in [0.15, 0.2) is 24.5 Å². The third-order valence-corrected chi connectivity index (χ3v) is 5.38. The van der Waals surface area contributed by atoms with Crippen LogP contribution in [0.3, 0.4) is 0 Å². The van der Waals surface area contributed by atoms with Crippen molar-refractivity contribution < 1.29 is 8.95 Å². The monoisotopic (exact) mass is 270 g/mol. The van der Waals surface area contributed by atoms with Crippen LogP contribution in [0, 0.1) is 0 Å². The highest BCUT2D eigenvalue weighted by molar-refractivity contribution is 7.90. The van der Waals surface area contributed by atoms with Gasteiger partial charge in [0.15, 0.2) is 0 Å². The van der Waals surface area contributed by atoms with Crippen molar-refractivity contribution in [3.8, 4) is 0 Å². The Bertz CT molecular complexity index is 428. The molecule has 0 radical (unpaired) electrons. The zero-order valence-corrected chi connectivity index (χ0v) is 11.1. The molecule has 0 spiro atoms. The highest BCUT2D eigenvalue weighted by atomic mass is 32.2. The second kappa shape index (κ2) is 5.20. The molecule has 1 aliphatic heterocycles. The number of hydrogen-bond donors (Lipinski definition) is 1. The van der Waals surface area contributed by atoms with Crippen LogP contribution in [0.4, 0.5) is 0 Å². The predicted octanol–water partition coefficient (Wildman–Crippen LogP) is 0.603. The summed E-state index contributed by atoms with van der Waals surface area (Å²) in [6.45, 7) is 0.853. The van der Waals surface area contributed by atoms with Crippen LogP contribution in [-0.4, -0.2) is 40.2 Å². The first-order valence-electron chi connectivity index (χ1n) is 5.30. The van der Waals surface area contributed by atoms with E-state index in [1.165, 1.54) is 0 Å². The molecule has 2 atom stereocenters. The molecule has 4 nitrogen and oxygen atoms in total. The van der Waals surface area contributed by atoms with Gasteiger partial charge in [0.1, 0.15) is 9.74 Å². The van der Waals surface area contributed by atoms with Gasteiger partial charge in [-0.2, -0.15) is 0 Å². The van der Waals surface area contributed by atoms with E-state index in [4.69, 9.17) is 17.0 Å². The van der Waals surface area contributed by atoms with Gasteiger partial charge in [-0.3, -0.25) is 9.19 Å². The van der Waals surface area contributed by atoms with Gasteiger partial charge in [-0.1, -0.05) is 18.3 Å². The van der Waals surface area contributed by atoms with Gasteiger partial charge in [0.25, 0.3) is 0 Å². The number of thiocarbonyl (C=S) groups is 1. The largest absolute Gasteiger partial charge is 0.381 e. The van der Waals surface area contributed by atoms with Crippen molar-refractivity contribution in [3.63, 3.8) is 0 Å². The normalized spacial score (nSPS) is 28.6. The Morgan fingerprint density at radius 2 is 2.53 bits per heavy atom. The topological polar surface area (TPSA) is 51.2 Å². The fraction of sp³-hybridized carbons (Fsp3) is 0.455. The minimum absolute atomic E-state index is 0.338. The predicted molar refractivity (Wildman–Crippen MR) is 71.4 cm³/mol. The van der Waals surface area contributed by atoms with E-state index in [1.807, 2.05) is 12.1 Å². The summed E-state index contributed by atoms with van der Waals surface area (Å²) in [5.41, 5.74) is 0.845. The highest BCUT2D eigenvalue weighted by Crippen LogP contribution is 2.32. The number of ether oxygens (including phenoxy) is 1. The Morgan fingerprint density at radius 1 is 1.71 bits per heavy atom. The van der Waals surface area contributed by atoms with Crippen LogP contribution >= 0.6 is 12.2 Å². The summed E-state index contributed by atoms with van der Waals surface area (Å²) < 4.78 is 17.1. The molecule has 92 valence electrons. The van der Waals surface area contributed by atoms with E-state index < -0.39 is 15.5 Å². The highest BCUT2D eigenvalue weighted by Gasteiger charge is 2.45. The molecular weight excluding hydrogens is 256 g/mol. The number of pyridine rings is 1. The third-order valence-electron chi connectivity index (χ3n) is 2.83. The van der Waals surface area contributed by atoms with Crippen molar-refractivity contribution in [1.82, 2.24) is 10.3 Å². The molecule has 0 bridgehead atoms. The molecule has 6 heteroatoms. The summed E-state index contributed by atoms with van der Waals surface area (Å²) in [5, 5.41) is 2.94. The van der Waals surface area contributed by atoms with Crippen molar-refractivity contribution in [3.05, 3.63) is 30.1 Å². The van der Waals surface area contributed by atoms with Gasteiger partial charge >= 0.3 is 0 Å². The molecule has 2 rings (SSSR count). The fourth-order valence-corrected chi connectivity index (χ4v) is 3.89. The van der Waals surface area contributed by atoms with E-state index in [1.54, 1.807) is 19.4 Å². The van der Waals surface area contributed by atoms with Crippen LogP contribution in [0.25, 0.3) is 0 Å². The fourth-order valence-electron chi connectivity index (χ4n) is 1.91. The maximum absolute atomic E-state index is 12.4. The Labute approximate surface area is 108 Å². The summed E-state index contributed by atoms with van der Waals surface area (Å²) in [6, 6.07) is 3.71. The van der Waals surface area contributed by atoms with Crippen LogP contribution in [0.1, 0.15) is 5.56 Å². The lowest BCUT2D eigenvalue weighted by molar-refractivity contribution is 0.128. The van der Waals surface area contributed by atoms with E-state index in [0.717, 1.165) is 5.56 Å². The summed E-state index contributed by atoms with van der Waals surface area (Å²) in [4.78, 5) is 4.62. The maximum atomic E-state index is 12.4. The Hall–Kier alpha value is -0.850. The van der Waals surface area contributed by atoms with E-state index in [9.17, 15) is 4.21 Å². The van der Waals surface area contributed by atoms with Gasteiger partial charge in [0, 0.05) is 36.0 Å². The van der Waals surface area contributed by atoms with Gasteiger partial charge in [-0.15, -0.1) is 0 Å². The van der Waals surface area contributed by atoms with Crippen molar-refractivity contribution in [2.45, 2.75) is 4.75 Å². The van der Waals surface area contributed by atoms with Gasteiger partial charge in [-0.25, -0.2) is 0 Å². The Morgan fingerprint density at radius 3 is 3.12 bits per heavy atom. The maximum Gasteiger partial charge on any atom is 0.145 e. The lowest BCUT2D eigenvalue weighted by atomic mass is 10.0. The van der Waals surface area contributed by atoms with E-state index >= 15 is 0 Å².